The van der Waals surface area contributed by atoms with Crippen molar-refractivity contribution < 1.29 is 9.53 Å². The predicted octanol–water partition coefficient (Wildman–Crippen LogP) is 3.72. The van der Waals surface area contributed by atoms with Gasteiger partial charge in [-0.3, -0.25) is 0 Å². The molecule has 1 aliphatic heterocycles. The molecule has 2 atom stereocenters. The standard InChI is InChI=1S/C18H32N2O2/c1-5-19-16(14-9-7-6-8-10-14)15-11-12-20(13-15)17(21)22-18(2,3)4/h9,15-16,19H,5-8,10-13H2,1-4H3. The van der Waals surface area contributed by atoms with Gasteiger partial charge in [0.05, 0.1) is 0 Å². The molecule has 1 amide bonds. The van der Waals surface area contributed by atoms with Crippen LogP contribution in [0.2, 0.25) is 0 Å². The molecule has 2 unspecified atom stereocenters. The van der Waals surface area contributed by atoms with Gasteiger partial charge < -0.3 is 15.0 Å². The summed E-state index contributed by atoms with van der Waals surface area (Å²) in [7, 11) is 0. The van der Waals surface area contributed by atoms with E-state index in [4.69, 9.17) is 4.74 Å². The Bertz CT molecular complexity index is 412. The number of likely N-dealkylation sites (tertiary alicyclic amines) is 1. The van der Waals surface area contributed by atoms with Crippen molar-refractivity contribution in [2.24, 2.45) is 5.92 Å². The SMILES string of the molecule is CCNC(C1=CCCCC1)C1CCN(C(=O)OC(C)(C)C)C1. The average molecular weight is 308 g/mol. The summed E-state index contributed by atoms with van der Waals surface area (Å²) in [4.78, 5) is 14.1. The molecule has 0 aromatic carbocycles. The molecule has 4 heteroatoms. The van der Waals surface area contributed by atoms with Gasteiger partial charge in [-0.1, -0.05) is 18.6 Å². The smallest absolute Gasteiger partial charge is 0.410 e. The van der Waals surface area contributed by atoms with Crippen LogP contribution in [0.25, 0.3) is 0 Å². The molecule has 0 aromatic heterocycles. The number of likely N-dealkylation sites (N-methyl/N-ethyl adjacent to an activating group) is 1. The number of rotatable bonds is 4. The molecule has 1 aliphatic carbocycles. The van der Waals surface area contributed by atoms with E-state index in [1.54, 1.807) is 5.57 Å². The lowest BCUT2D eigenvalue weighted by atomic mass is 9.86. The molecule has 2 rings (SSSR count). The summed E-state index contributed by atoms with van der Waals surface area (Å²) in [6.45, 7) is 10.5. The lowest BCUT2D eigenvalue weighted by molar-refractivity contribution is 0.0286. The van der Waals surface area contributed by atoms with Crippen LogP contribution in [0.15, 0.2) is 11.6 Å². The molecule has 1 heterocycles. The van der Waals surface area contributed by atoms with E-state index in [1.807, 2.05) is 25.7 Å². The van der Waals surface area contributed by atoms with E-state index in [2.05, 4.69) is 18.3 Å². The van der Waals surface area contributed by atoms with Gasteiger partial charge in [0, 0.05) is 19.1 Å². The minimum atomic E-state index is -0.415. The van der Waals surface area contributed by atoms with Gasteiger partial charge in [-0.15, -0.1) is 0 Å². The summed E-state index contributed by atoms with van der Waals surface area (Å²) in [5.41, 5.74) is 1.14. The van der Waals surface area contributed by atoms with Crippen LogP contribution in [0.1, 0.15) is 59.8 Å². The van der Waals surface area contributed by atoms with E-state index in [0.29, 0.717) is 12.0 Å². The predicted molar refractivity (Wildman–Crippen MR) is 89.9 cm³/mol. The summed E-state index contributed by atoms with van der Waals surface area (Å²) >= 11 is 0. The van der Waals surface area contributed by atoms with Crippen molar-refractivity contribution in [2.75, 3.05) is 19.6 Å². The number of carbonyl (C=O) groups is 1. The molecule has 0 saturated carbocycles. The highest BCUT2D eigenvalue weighted by molar-refractivity contribution is 5.68. The molecule has 2 aliphatic rings. The van der Waals surface area contributed by atoms with Gasteiger partial charge in [0.25, 0.3) is 0 Å². The van der Waals surface area contributed by atoms with Crippen LogP contribution in [-0.4, -0.2) is 42.3 Å². The van der Waals surface area contributed by atoms with Crippen LogP contribution >= 0.6 is 0 Å². The first-order chi connectivity index (χ1) is 10.4. The Kier molecular flexibility index (Phi) is 5.90. The van der Waals surface area contributed by atoms with Crippen molar-refractivity contribution in [3.63, 3.8) is 0 Å². The number of hydrogen-bond acceptors (Lipinski definition) is 3. The third-order valence-corrected chi connectivity index (χ3v) is 4.50. The second-order valence-corrected chi connectivity index (χ2v) is 7.54. The van der Waals surface area contributed by atoms with Crippen molar-refractivity contribution >= 4 is 6.09 Å². The van der Waals surface area contributed by atoms with Gasteiger partial charge in [-0.05, 0) is 65.3 Å². The van der Waals surface area contributed by atoms with Crippen molar-refractivity contribution in [1.82, 2.24) is 10.2 Å². The van der Waals surface area contributed by atoms with Crippen molar-refractivity contribution in [2.45, 2.75) is 71.4 Å². The first-order valence-electron chi connectivity index (χ1n) is 8.81. The first kappa shape index (κ1) is 17.3. The summed E-state index contributed by atoms with van der Waals surface area (Å²) in [6, 6.07) is 0.428. The number of nitrogens with zero attached hydrogens (tertiary/aromatic N) is 1. The van der Waals surface area contributed by atoms with Gasteiger partial charge in [0.2, 0.25) is 0 Å². The highest BCUT2D eigenvalue weighted by Crippen LogP contribution is 2.30. The normalized spacial score (nSPS) is 24.1. The monoisotopic (exact) mass is 308 g/mol. The molecule has 0 radical (unpaired) electrons. The number of carbonyl (C=O) groups excluding carboxylic acids is 1. The maximum absolute atomic E-state index is 12.2. The van der Waals surface area contributed by atoms with Crippen LogP contribution in [0.4, 0.5) is 4.79 Å². The highest BCUT2D eigenvalue weighted by atomic mass is 16.6. The third kappa shape index (κ3) is 4.73. The van der Waals surface area contributed by atoms with Crippen molar-refractivity contribution in [1.29, 1.82) is 0 Å². The van der Waals surface area contributed by atoms with Gasteiger partial charge in [0.15, 0.2) is 0 Å². The second kappa shape index (κ2) is 7.49. The van der Waals surface area contributed by atoms with E-state index in [0.717, 1.165) is 26.1 Å². The van der Waals surface area contributed by atoms with Crippen LogP contribution in [0.5, 0.6) is 0 Å². The van der Waals surface area contributed by atoms with Gasteiger partial charge in [-0.2, -0.15) is 0 Å². The lowest BCUT2D eigenvalue weighted by Gasteiger charge is -2.30. The zero-order valence-electron chi connectivity index (χ0n) is 14.7. The number of nitrogens with one attached hydrogen (secondary N) is 1. The number of ether oxygens (including phenoxy) is 1. The Morgan fingerprint density at radius 1 is 1.45 bits per heavy atom. The maximum atomic E-state index is 12.2. The molecule has 126 valence electrons. The zero-order valence-corrected chi connectivity index (χ0v) is 14.7. The molecule has 1 N–H and O–H groups in total. The van der Waals surface area contributed by atoms with Crippen LogP contribution < -0.4 is 5.32 Å². The summed E-state index contributed by atoms with van der Waals surface area (Å²) in [6.07, 6.45) is 8.36. The van der Waals surface area contributed by atoms with E-state index in [1.165, 1.54) is 25.7 Å². The van der Waals surface area contributed by atoms with E-state index in [9.17, 15) is 4.79 Å². The van der Waals surface area contributed by atoms with Crippen molar-refractivity contribution in [3.05, 3.63) is 11.6 Å². The fraction of sp³-hybridized carbons (Fsp3) is 0.833. The van der Waals surface area contributed by atoms with Gasteiger partial charge >= 0.3 is 6.09 Å². The summed E-state index contributed by atoms with van der Waals surface area (Å²) < 4.78 is 5.51. The Balaban J connectivity index is 1.97. The largest absolute Gasteiger partial charge is 0.444 e. The Morgan fingerprint density at radius 3 is 2.82 bits per heavy atom. The molecule has 4 nitrogen and oxygen atoms in total. The minimum absolute atomic E-state index is 0.164. The number of allylic oxidation sites excluding steroid dienone is 1. The number of amides is 1. The molecule has 1 fully saturated rings. The molecular weight excluding hydrogens is 276 g/mol. The van der Waals surface area contributed by atoms with Crippen LogP contribution in [0.3, 0.4) is 0 Å². The molecule has 22 heavy (non-hydrogen) atoms. The minimum Gasteiger partial charge on any atom is -0.444 e. The Morgan fingerprint density at radius 2 is 2.23 bits per heavy atom. The Hall–Kier alpha value is -1.03. The van der Waals surface area contributed by atoms with E-state index >= 15 is 0 Å². The van der Waals surface area contributed by atoms with Crippen molar-refractivity contribution in [3.8, 4) is 0 Å². The van der Waals surface area contributed by atoms with E-state index < -0.39 is 5.60 Å². The molecule has 1 saturated heterocycles. The summed E-state index contributed by atoms with van der Waals surface area (Å²) in [5.74, 6) is 0.511. The fourth-order valence-corrected chi connectivity index (χ4v) is 3.52. The molecular formula is C18H32N2O2. The maximum Gasteiger partial charge on any atom is 0.410 e. The zero-order chi connectivity index (χ0) is 16.2. The highest BCUT2D eigenvalue weighted by Gasteiger charge is 2.35. The average Bonchev–Trinajstić information content (AvgIpc) is 2.93. The van der Waals surface area contributed by atoms with Crippen LogP contribution in [0, 0.1) is 5.92 Å². The molecule has 0 aromatic rings. The third-order valence-electron chi connectivity index (χ3n) is 4.50. The van der Waals surface area contributed by atoms with Gasteiger partial charge in [0.1, 0.15) is 5.60 Å². The topological polar surface area (TPSA) is 41.6 Å². The molecule has 0 spiro atoms. The fourth-order valence-electron chi connectivity index (χ4n) is 3.52. The lowest BCUT2D eigenvalue weighted by Crippen LogP contribution is -2.41. The quantitative estimate of drug-likeness (QED) is 0.805. The Labute approximate surface area is 135 Å². The van der Waals surface area contributed by atoms with Crippen LogP contribution in [-0.2, 0) is 4.74 Å². The number of hydrogen-bond donors (Lipinski definition) is 1. The van der Waals surface area contributed by atoms with Gasteiger partial charge in [-0.25, -0.2) is 4.79 Å². The van der Waals surface area contributed by atoms with E-state index in [-0.39, 0.29) is 6.09 Å². The second-order valence-electron chi connectivity index (χ2n) is 7.54. The summed E-state index contributed by atoms with van der Waals surface area (Å²) in [5, 5.41) is 3.65. The first-order valence-corrected chi connectivity index (χ1v) is 8.81. The molecule has 0 bridgehead atoms.